The average molecular weight is 315 g/mol. The molecule has 2 unspecified atom stereocenters. The number of aryl methyl sites for hydroxylation is 1. The molecule has 126 valence electrons. The third-order valence-electron chi connectivity index (χ3n) is 4.72. The summed E-state index contributed by atoms with van der Waals surface area (Å²) >= 11 is 0. The Kier molecular flexibility index (Phi) is 6.26. The Morgan fingerprint density at radius 2 is 2.04 bits per heavy atom. The molecule has 0 bridgehead atoms. The monoisotopic (exact) mass is 315 g/mol. The minimum atomic E-state index is -0.128. The maximum absolute atomic E-state index is 11.4. The molecule has 0 spiro atoms. The third kappa shape index (κ3) is 4.85. The molecule has 0 amide bonds. The highest BCUT2D eigenvalue weighted by molar-refractivity contribution is 5.69. The molecule has 0 heterocycles. The number of esters is 1. The lowest BCUT2D eigenvalue weighted by Gasteiger charge is -2.26. The fourth-order valence-electron chi connectivity index (χ4n) is 3.33. The van der Waals surface area contributed by atoms with Crippen molar-refractivity contribution in [3.05, 3.63) is 42.0 Å². The number of hydrogen-bond acceptors (Lipinski definition) is 3. The molecule has 1 aliphatic carbocycles. The first kappa shape index (κ1) is 17.6. The molecular weight excluding hydrogens is 286 g/mol. The lowest BCUT2D eigenvalue weighted by Crippen LogP contribution is -2.28. The molecule has 0 saturated heterocycles. The topological polar surface area (TPSA) is 38.3 Å². The fraction of sp³-hybridized carbons (Fsp3) is 0.550. The Labute approximate surface area is 140 Å². The van der Waals surface area contributed by atoms with Crippen LogP contribution in [0.4, 0.5) is 5.69 Å². The highest BCUT2D eigenvalue weighted by Gasteiger charge is 2.32. The number of nitrogens with one attached hydrogen (secondary N) is 1. The van der Waals surface area contributed by atoms with E-state index in [1.165, 1.54) is 12.0 Å². The number of carbonyl (C=O) groups excluding carboxylic acids is 1. The van der Waals surface area contributed by atoms with Gasteiger partial charge in [-0.2, -0.15) is 0 Å². The fourth-order valence-corrected chi connectivity index (χ4v) is 3.33. The van der Waals surface area contributed by atoms with Crippen LogP contribution in [0.25, 0.3) is 0 Å². The lowest BCUT2D eigenvalue weighted by molar-refractivity contribution is -0.143. The van der Waals surface area contributed by atoms with Crippen molar-refractivity contribution in [3.63, 3.8) is 0 Å². The molecule has 23 heavy (non-hydrogen) atoms. The van der Waals surface area contributed by atoms with E-state index in [2.05, 4.69) is 50.0 Å². The maximum Gasteiger partial charge on any atom is 0.306 e. The van der Waals surface area contributed by atoms with Gasteiger partial charge in [0.1, 0.15) is 0 Å². The van der Waals surface area contributed by atoms with Crippen molar-refractivity contribution in [1.82, 2.24) is 0 Å². The smallest absolute Gasteiger partial charge is 0.306 e. The van der Waals surface area contributed by atoms with Gasteiger partial charge in [0.05, 0.1) is 12.6 Å². The van der Waals surface area contributed by atoms with Crippen LogP contribution < -0.4 is 5.32 Å². The van der Waals surface area contributed by atoms with E-state index >= 15 is 0 Å². The molecular formula is C20H29NO2. The number of carbonyl (C=O) groups is 1. The number of hydrogen-bond donors (Lipinski definition) is 1. The van der Waals surface area contributed by atoms with Gasteiger partial charge in [0.25, 0.3) is 0 Å². The summed E-state index contributed by atoms with van der Waals surface area (Å²) < 4.78 is 4.96. The van der Waals surface area contributed by atoms with Crippen LogP contribution in [0.2, 0.25) is 0 Å². The van der Waals surface area contributed by atoms with E-state index < -0.39 is 0 Å². The van der Waals surface area contributed by atoms with E-state index in [1.54, 1.807) is 0 Å². The van der Waals surface area contributed by atoms with E-state index in [1.807, 2.05) is 6.92 Å². The van der Waals surface area contributed by atoms with E-state index in [-0.39, 0.29) is 5.97 Å². The molecule has 1 aromatic rings. The summed E-state index contributed by atoms with van der Waals surface area (Å²) in [5.41, 5.74) is 3.60. The lowest BCUT2D eigenvalue weighted by atomic mass is 9.90. The summed E-state index contributed by atoms with van der Waals surface area (Å²) in [7, 11) is 0. The van der Waals surface area contributed by atoms with Gasteiger partial charge in [-0.05, 0) is 55.7 Å². The van der Waals surface area contributed by atoms with E-state index in [9.17, 15) is 4.79 Å². The van der Waals surface area contributed by atoms with Crippen LogP contribution >= 0.6 is 0 Å². The predicted molar refractivity (Wildman–Crippen MR) is 95.5 cm³/mol. The third-order valence-corrected chi connectivity index (χ3v) is 4.72. The van der Waals surface area contributed by atoms with Crippen LogP contribution in [0, 0.1) is 11.8 Å². The van der Waals surface area contributed by atoms with Crippen molar-refractivity contribution in [2.75, 3.05) is 11.9 Å². The van der Waals surface area contributed by atoms with Crippen LogP contribution in [0.5, 0.6) is 0 Å². The summed E-state index contributed by atoms with van der Waals surface area (Å²) in [5, 5.41) is 3.64. The van der Waals surface area contributed by atoms with Gasteiger partial charge in [-0.3, -0.25) is 4.79 Å². The van der Waals surface area contributed by atoms with Crippen LogP contribution in [-0.2, 0) is 16.0 Å². The van der Waals surface area contributed by atoms with Crippen molar-refractivity contribution in [2.24, 2.45) is 11.8 Å². The highest BCUT2D eigenvalue weighted by Crippen LogP contribution is 2.36. The SMILES string of the molecule is C=C1CCC(C(C)C)C1Nc1ccc(CCC(=O)OCC)cc1. The predicted octanol–water partition coefficient (Wildman–Crippen LogP) is 4.59. The molecule has 2 rings (SSSR count). The van der Waals surface area contributed by atoms with Gasteiger partial charge in [-0.25, -0.2) is 0 Å². The minimum absolute atomic E-state index is 0.128. The van der Waals surface area contributed by atoms with Crippen molar-refractivity contribution >= 4 is 11.7 Å². The Balaban J connectivity index is 1.92. The Morgan fingerprint density at radius 1 is 1.35 bits per heavy atom. The highest BCUT2D eigenvalue weighted by atomic mass is 16.5. The van der Waals surface area contributed by atoms with E-state index in [0.717, 1.165) is 24.1 Å². The number of rotatable bonds is 7. The molecule has 1 fully saturated rings. The second-order valence-corrected chi connectivity index (χ2v) is 6.73. The number of anilines is 1. The van der Waals surface area contributed by atoms with E-state index in [4.69, 9.17) is 4.74 Å². The average Bonchev–Trinajstić information content (AvgIpc) is 2.88. The first-order valence-electron chi connectivity index (χ1n) is 8.70. The van der Waals surface area contributed by atoms with Gasteiger partial charge >= 0.3 is 5.97 Å². The van der Waals surface area contributed by atoms with E-state index in [0.29, 0.717) is 30.9 Å². The molecule has 3 heteroatoms. The summed E-state index contributed by atoms with van der Waals surface area (Å²) in [5.74, 6) is 1.19. The molecule has 3 nitrogen and oxygen atoms in total. The normalized spacial score (nSPS) is 20.8. The van der Waals surface area contributed by atoms with Gasteiger partial charge in [0, 0.05) is 12.1 Å². The van der Waals surface area contributed by atoms with Crippen LogP contribution in [-0.4, -0.2) is 18.6 Å². The molecule has 0 aromatic heterocycles. The van der Waals surface area contributed by atoms with Crippen LogP contribution in [0.15, 0.2) is 36.4 Å². The van der Waals surface area contributed by atoms with Gasteiger partial charge in [0.2, 0.25) is 0 Å². The molecule has 1 saturated carbocycles. The Bertz CT molecular complexity index is 533. The van der Waals surface area contributed by atoms with Crippen molar-refractivity contribution < 1.29 is 9.53 Å². The van der Waals surface area contributed by atoms with Gasteiger partial charge < -0.3 is 10.1 Å². The molecule has 1 aliphatic rings. The maximum atomic E-state index is 11.4. The number of ether oxygens (including phenoxy) is 1. The van der Waals surface area contributed by atoms with Crippen LogP contribution in [0.3, 0.4) is 0 Å². The molecule has 0 aliphatic heterocycles. The first-order valence-corrected chi connectivity index (χ1v) is 8.70. The zero-order valence-corrected chi connectivity index (χ0v) is 14.6. The van der Waals surface area contributed by atoms with Gasteiger partial charge in [-0.15, -0.1) is 0 Å². The van der Waals surface area contributed by atoms with Crippen LogP contribution in [0.1, 0.15) is 45.6 Å². The minimum Gasteiger partial charge on any atom is -0.466 e. The Morgan fingerprint density at radius 3 is 2.65 bits per heavy atom. The van der Waals surface area contributed by atoms with Crippen molar-refractivity contribution in [1.29, 1.82) is 0 Å². The Hall–Kier alpha value is -1.77. The largest absolute Gasteiger partial charge is 0.466 e. The van der Waals surface area contributed by atoms with Gasteiger partial charge in [0.15, 0.2) is 0 Å². The molecule has 1 aromatic carbocycles. The zero-order chi connectivity index (χ0) is 16.8. The van der Waals surface area contributed by atoms with Crippen molar-refractivity contribution in [3.8, 4) is 0 Å². The summed E-state index contributed by atoms with van der Waals surface area (Å²) in [4.78, 5) is 11.4. The standard InChI is InChI=1S/C20H29NO2/c1-5-23-19(22)13-9-16-7-10-17(11-8-16)21-20-15(4)6-12-18(20)14(2)3/h7-8,10-11,14,18,20-21H,4-6,9,12-13H2,1-3H3. The summed E-state index contributed by atoms with van der Waals surface area (Å²) in [6, 6.07) is 8.75. The zero-order valence-electron chi connectivity index (χ0n) is 14.6. The molecule has 0 radical (unpaired) electrons. The second kappa shape index (κ2) is 8.19. The molecule has 1 N–H and O–H groups in total. The number of benzene rings is 1. The quantitative estimate of drug-likeness (QED) is 0.591. The summed E-state index contributed by atoms with van der Waals surface area (Å²) in [6.07, 6.45) is 3.52. The van der Waals surface area contributed by atoms with Crippen molar-refractivity contribution in [2.45, 2.75) is 52.5 Å². The first-order chi connectivity index (χ1) is 11.0. The molecule has 2 atom stereocenters. The second-order valence-electron chi connectivity index (χ2n) is 6.73. The van der Waals surface area contributed by atoms with Gasteiger partial charge in [-0.1, -0.05) is 38.1 Å². The summed E-state index contributed by atoms with van der Waals surface area (Å²) in [6.45, 7) is 11.1.